The van der Waals surface area contributed by atoms with Crippen molar-refractivity contribution in [1.82, 2.24) is 29.5 Å². The molecule has 3 aromatic rings. The Bertz CT molecular complexity index is 933. The highest BCUT2D eigenvalue weighted by atomic mass is 16.1. The van der Waals surface area contributed by atoms with Crippen LogP contribution in [-0.4, -0.2) is 48.5 Å². The summed E-state index contributed by atoms with van der Waals surface area (Å²) in [7, 11) is 1.99. The van der Waals surface area contributed by atoms with E-state index in [1.807, 2.05) is 28.6 Å². The van der Waals surface area contributed by atoms with Crippen LogP contribution in [0.1, 0.15) is 40.8 Å². The summed E-state index contributed by atoms with van der Waals surface area (Å²) in [4.78, 5) is 18.3. The van der Waals surface area contributed by atoms with Crippen molar-refractivity contribution in [2.24, 2.45) is 12.8 Å². The smallest absolute Gasteiger partial charge is 0.252 e. The van der Waals surface area contributed by atoms with Crippen LogP contribution < -0.4 is 10.6 Å². The summed E-state index contributed by atoms with van der Waals surface area (Å²) < 4.78 is 3.87. The Balaban J connectivity index is 1.56. The number of anilines is 1. The van der Waals surface area contributed by atoms with Crippen LogP contribution >= 0.6 is 0 Å². The SMILES string of the molecule is Cn1c(Cn2cccn2)nnc1C1CCCN(c2ncccc2C(N)=O)C1. The van der Waals surface area contributed by atoms with Crippen molar-refractivity contribution in [1.29, 1.82) is 0 Å². The Labute approximate surface area is 156 Å². The molecule has 4 rings (SSSR count). The van der Waals surface area contributed by atoms with E-state index in [9.17, 15) is 4.79 Å². The summed E-state index contributed by atoms with van der Waals surface area (Å²) in [6.07, 6.45) is 7.35. The topological polar surface area (TPSA) is 108 Å². The third kappa shape index (κ3) is 3.40. The second kappa shape index (κ2) is 7.18. The zero-order valence-electron chi connectivity index (χ0n) is 15.2. The van der Waals surface area contributed by atoms with Crippen LogP contribution in [0.15, 0.2) is 36.8 Å². The van der Waals surface area contributed by atoms with Gasteiger partial charge in [0.25, 0.3) is 5.91 Å². The van der Waals surface area contributed by atoms with Crippen LogP contribution in [0.25, 0.3) is 0 Å². The Morgan fingerprint density at radius 1 is 1.30 bits per heavy atom. The summed E-state index contributed by atoms with van der Waals surface area (Å²) in [6, 6.07) is 5.34. The Hall–Kier alpha value is -3.23. The molecule has 27 heavy (non-hydrogen) atoms. The van der Waals surface area contributed by atoms with E-state index in [2.05, 4.69) is 25.2 Å². The molecular weight excluding hydrogens is 344 g/mol. The van der Waals surface area contributed by atoms with Crippen molar-refractivity contribution >= 4 is 11.7 Å². The first-order valence-corrected chi connectivity index (χ1v) is 8.99. The van der Waals surface area contributed by atoms with Gasteiger partial charge in [-0.05, 0) is 31.0 Å². The maximum Gasteiger partial charge on any atom is 0.252 e. The number of amides is 1. The zero-order valence-corrected chi connectivity index (χ0v) is 15.2. The molecular formula is C18H22N8O. The van der Waals surface area contributed by atoms with Crippen molar-refractivity contribution in [3.63, 3.8) is 0 Å². The normalized spacial score (nSPS) is 17.2. The highest BCUT2D eigenvalue weighted by Crippen LogP contribution is 2.29. The predicted molar refractivity (Wildman–Crippen MR) is 99.3 cm³/mol. The molecule has 1 atom stereocenters. The number of nitrogens with zero attached hydrogens (tertiary/aromatic N) is 7. The fourth-order valence-electron chi connectivity index (χ4n) is 3.63. The van der Waals surface area contributed by atoms with E-state index in [0.29, 0.717) is 17.9 Å². The lowest BCUT2D eigenvalue weighted by Crippen LogP contribution is -2.37. The lowest BCUT2D eigenvalue weighted by atomic mass is 9.96. The first kappa shape index (κ1) is 17.2. The Morgan fingerprint density at radius 3 is 2.96 bits per heavy atom. The number of piperidine rings is 1. The van der Waals surface area contributed by atoms with E-state index in [1.165, 1.54) is 0 Å². The molecule has 1 fully saturated rings. The minimum Gasteiger partial charge on any atom is -0.365 e. The van der Waals surface area contributed by atoms with Crippen LogP contribution in [0.5, 0.6) is 0 Å². The van der Waals surface area contributed by atoms with Gasteiger partial charge in [0.05, 0.1) is 5.56 Å². The summed E-state index contributed by atoms with van der Waals surface area (Å²) in [6.45, 7) is 2.15. The molecule has 1 saturated heterocycles. The first-order valence-electron chi connectivity index (χ1n) is 8.99. The van der Waals surface area contributed by atoms with Crippen molar-refractivity contribution < 1.29 is 4.79 Å². The molecule has 2 N–H and O–H groups in total. The molecule has 0 aromatic carbocycles. The molecule has 0 radical (unpaired) electrons. The van der Waals surface area contributed by atoms with Crippen LogP contribution in [0.2, 0.25) is 0 Å². The quantitative estimate of drug-likeness (QED) is 0.720. The highest BCUT2D eigenvalue weighted by Gasteiger charge is 2.28. The number of carbonyl (C=O) groups is 1. The Morgan fingerprint density at radius 2 is 2.19 bits per heavy atom. The van der Waals surface area contributed by atoms with Crippen LogP contribution in [0, 0.1) is 0 Å². The number of rotatable bonds is 5. The summed E-state index contributed by atoms with van der Waals surface area (Å²) in [5, 5.41) is 13.0. The molecule has 1 aliphatic rings. The number of hydrogen-bond donors (Lipinski definition) is 1. The molecule has 140 valence electrons. The summed E-state index contributed by atoms with van der Waals surface area (Å²) in [5.74, 6) is 2.21. The van der Waals surface area contributed by atoms with Crippen LogP contribution in [0.3, 0.4) is 0 Å². The number of aromatic nitrogens is 6. The number of carbonyl (C=O) groups excluding carboxylic acids is 1. The molecule has 4 heterocycles. The van der Waals surface area contributed by atoms with Gasteiger partial charge in [-0.1, -0.05) is 0 Å². The fraction of sp³-hybridized carbons (Fsp3) is 0.389. The molecule has 1 aliphatic heterocycles. The molecule has 9 heteroatoms. The molecule has 1 unspecified atom stereocenters. The third-order valence-corrected chi connectivity index (χ3v) is 5.00. The van der Waals surface area contributed by atoms with Gasteiger partial charge < -0.3 is 15.2 Å². The van der Waals surface area contributed by atoms with Crippen LogP contribution in [-0.2, 0) is 13.6 Å². The molecule has 1 amide bonds. The number of pyridine rings is 1. The Kier molecular flexibility index (Phi) is 4.57. The van der Waals surface area contributed by atoms with Gasteiger partial charge >= 0.3 is 0 Å². The van der Waals surface area contributed by atoms with Gasteiger partial charge in [0, 0.05) is 44.6 Å². The van der Waals surface area contributed by atoms with Gasteiger partial charge in [0.15, 0.2) is 5.82 Å². The van der Waals surface area contributed by atoms with Gasteiger partial charge in [-0.15, -0.1) is 10.2 Å². The lowest BCUT2D eigenvalue weighted by molar-refractivity contribution is 0.100. The third-order valence-electron chi connectivity index (χ3n) is 5.00. The maximum absolute atomic E-state index is 11.7. The first-order chi connectivity index (χ1) is 13.1. The second-order valence-corrected chi connectivity index (χ2v) is 6.76. The molecule has 9 nitrogen and oxygen atoms in total. The van der Waals surface area contributed by atoms with Gasteiger partial charge in [-0.2, -0.15) is 5.10 Å². The monoisotopic (exact) mass is 366 g/mol. The number of nitrogens with two attached hydrogens (primary N) is 1. The molecule has 0 aliphatic carbocycles. The largest absolute Gasteiger partial charge is 0.365 e. The van der Waals surface area contributed by atoms with E-state index >= 15 is 0 Å². The average Bonchev–Trinajstić information content (AvgIpc) is 3.33. The van der Waals surface area contributed by atoms with E-state index in [0.717, 1.165) is 37.6 Å². The van der Waals surface area contributed by atoms with Gasteiger partial charge in [-0.25, -0.2) is 4.98 Å². The average molecular weight is 366 g/mol. The van der Waals surface area contributed by atoms with E-state index < -0.39 is 5.91 Å². The minimum atomic E-state index is -0.458. The molecule has 0 bridgehead atoms. The van der Waals surface area contributed by atoms with Crippen molar-refractivity contribution in [2.75, 3.05) is 18.0 Å². The van der Waals surface area contributed by atoms with E-state index in [-0.39, 0.29) is 5.92 Å². The fourth-order valence-corrected chi connectivity index (χ4v) is 3.63. The molecule has 0 spiro atoms. The molecule has 0 saturated carbocycles. The maximum atomic E-state index is 11.7. The minimum absolute atomic E-state index is 0.213. The van der Waals surface area contributed by atoms with Gasteiger partial charge in [0.1, 0.15) is 18.2 Å². The van der Waals surface area contributed by atoms with Crippen LogP contribution in [0.4, 0.5) is 5.82 Å². The lowest BCUT2D eigenvalue weighted by Gasteiger charge is -2.33. The van der Waals surface area contributed by atoms with Gasteiger partial charge in [-0.3, -0.25) is 9.48 Å². The second-order valence-electron chi connectivity index (χ2n) is 6.76. The highest BCUT2D eigenvalue weighted by molar-refractivity contribution is 5.97. The van der Waals surface area contributed by atoms with E-state index in [1.54, 1.807) is 24.5 Å². The van der Waals surface area contributed by atoms with Gasteiger partial charge in [0.2, 0.25) is 0 Å². The number of hydrogen-bond acceptors (Lipinski definition) is 6. The van der Waals surface area contributed by atoms with Crippen molar-refractivity contribution in [3.8, 4) is 0 Å². The standard InChI is InChI=1S/C18H22N8O/c1-24-15(12-26-10-4-8-21-26)22-23-17(24)13-5-3-9-25(11-13)18-14(16(19)27)6-2-7-20-18/h2,4,6-8,10,13H,3,5,9,11-12H2,1H3,(H2,19,27). The molecule has 3 aromatic heterocycles. The predicted octanol–water partition coefficient (Wildman–Crippen LogP) is 0.938. The zero-order chi connectivity index (χ0) is 18.8. The van der Waals surface area contributed by atoms with Crippen molar-refractivity contribution in [2.45, 2.75) is 25.3 Å². The van der Waals surface area contributed by atoms with Crippen molar-refractivity contribution in [3.05, 3.63) is 54.0 Å². The van der Waals surface area contributed by atoms with E-state index in [4.69, 9.17) is 5.73 Å². The summed E-state index contributed by atoms with van der Waals surface area (Å²) in [5.41, 5.74) is 5.97. The number of primary amides is 1. The summed E-state index contributed by atoms with van der Waals surface area (Å²) >= 11 is 0.